The molecule has 1 atom stereocenters. The van der Waals surface area contributed by atoms with Gasteiger partial charge in [0.2, 0.25) is 11.8 Å². The van der Waals surface area contributed by atoms with Gasteiger partial charge in [-0.2, -0.15) is 0 Å². The monoisotopic (exact) mass is 426 g/mol. The maximum Gasteiger partial charge on any atom is 0.242 e. The second-order valence-electron chi connectivity index (χ2n) is 8.45. The van der Waals surface area contributed by atoms with Crippen LogP contribution in [0.3, 0.4) is 0 Å². The van der Waals surface area contributed by atoms with Gasteiger partial charge in [0, 0.05) is 28.3 Å². The molecular weight excluding hydrogens is 392 g/mol. The molecule has 162 valence electrons. The molecule has 1 heterocycles. The first-order valence-corrected chi connectivity index (χ1v) is 12.0. The zero-order chi connectivity index (χ0) is 21.5. The van der Waals surface area contributed by atoms with Crippen LogP contribution < -0.4 is 0 Å². The van der Waals surface area contributed by atoms with Gasteiger partial charge in [0.25, 0.3) is 0 Å². The van der Waals surface area contributed by atoms with Crippen LogP contribution in [0.5, 0.6) is 0 Å². The van der Waals surface area contributed by atoms with Gasteiger partial charge in [-0.3, -0.25) is 9.59 Å². The van der Waals surface area contributed by atoms with Crippen LogP contribution in [0.1, 0.15) is 61.3 Å². The lowest BCUT2D eigenvalue weighted by atomic mass is 10.0. The molecule has 0 saturated heterocycles. The fraction of sp³-hybridized carbons (Fsp3) is 0.520. The van der Waals surface area contributed by atoms with E-state index in [1.165, 1.54) is 9.75 Å². The molecule has 1 saturated carbocycles. The molecule has 30 heavy (non-hydrogen) atoms. The van der Waals surface area contributed by atoms with Gasteiger partial charge in [-0.1, -0.05) is 50.1 Å². The van der Waals surface area contributed by atoms with Crippen molar-refractivity contribution >= 4 is 23.2 Å². The molecule has 3 rings (SSSR count). The van der Waals surface area contributed by atoms with E-state index in [-0.39, 0.29) is 30.3 Å². The van der Waals surface area contributed by atoms with E-state index in [1.807, 2.05) is 28.0 Å². The lowest BCUT2D eigenvalue weighted by Crippen LogP contribution is -2.48. The van der Waals surface area contributed by atoms with Crippen LogP contribution in [0.15, 0.2) is 42.5 Å². The quantitative estimate of drug-likeness (QED) is 0.538. The summed E-state index contributed by atoms with van der Waals surface area (Å²) in [6.45, 7) is 7.54. The number of nitrogens with zero attached hydrogens (tertiary/aromatic N) is 2. The molecule has 0 bridgehead atoms. The fourth-order valence-corrected chi connectivity index (χ4v) is 5.02. The third-order valence-corrected chi connectivity index (χ3v) is 7.11. The third kappa shape index (κ3) is 5.94. The van der Waals surface area contributed by atoms with Crippen molar-refractivity contribution in [2.45, 2.75) is 72.0 Å². The highest BCUT2D eigenvalue weighted by Gasteiger charge is 2.31. The minimum absolute atomic E-state index is 0.0246. The van der Waals surface area contributed by atoms with Crippen LogP contribution in [0.25, 0.3) is 0 Å². The average Bonchev–Trinajstić information content (AvgIpc) is 3.43. The van der Waals surface area contributed by atoms with E-state index in [2.05, 4.69) is 45.0 Å². The van der Waals surface area contributed by atoms with E-state index in [4.69, 9.17) is 0 Å². The SMILES string of the molecule is CC[C@@H](C)N(CC(=O)N(Cc1ccccc1)Cc1ccc(C)s1)C(=O)C1CCCC1. The summed E-state index contributed by atoms with van der Waals surface area (Å²) in [7, 11) is 0. The van der Waals surface area contributed by atoms with Crippen molar-refractivity contribution in [3.63, 3.8) is 0 Å². The Labute approximate surface area is 184 Å². The predicted octanol–water partition coefficient (Wildman–Crippen LogP) is 5.40. The highest BCUT2D eigenvalue weighted by atomic mass is 32.1. The van der Waals surface area contributed by atoms with Gasteiger partial charge in [-0.25, -0.2) is 0 Å². The van der Waals surface area contributed by atoms with Gasteiger partial charge >= 0.3 is 0 Å². The Morgan fingerprint density at radius 3 is 2.37 bits per heavy atom. The molecule has 1 aromatic carbocycles. The second kappa shape index (κ2) is 10.8. The Morgan fingerprint density at radius 1 is 1.07 bits per heavy atom. The highest BCUT2D eigenvalue weighted by Crippen LogP contribution is 2.28. The molecule has 1 aromatic heterocycles. The van der Waals surface area contributed by atoms with E-state index in [9.17, 15) is 9.59 Å². The average molecular weight is 427 g/mol. The molecule has 1 aliphatic rings. The second-order valence-corrected chi connectivity index (χ2v) is 9.82. The number of carbonyl (C=O) groups is 2. The molecule has 0 unspecified atom stereocenters. The summed E-state index contributed by atoms with van der Waals surface area (Å²) in [6.07, 6.45) is 5.02. The molecule has 0 N–H and O–H groups in total. The topological polar surface area (TPSA) is 40.6 Å². The fourth-order valence-electron chi connectivity index (χ4n) is 4.12. The van der Waals surface area contributed by atoms with Crippen molar-refractivity contribution in [2.75, 3.05) is 6.54 Å². The first-order valence-electron chi connectivity index (χ1n) is 11.2. The standard InChI is InChI=1S/C25H34N2O2S/c1-4-19(2)27(25(29)22-12-8-9-13-22)18-24(28)26(16-21-10-6-5-7-11-21)17-23-15-14-20(3)30-23/h5-7,10-11,14-15,19,22H,4,8-9,12-13,16-18H2,1-3H3/t19-/m1/s1. The Kier molecular flexibility index (Phi) is 8.08. The van der Waals surface area contributed by atoms with E-state index >= 15 is 0 Å². The van der Waals surface area contributed by atoms with Gasteiger partial charge in [0.05, 0.1) is 6.54 Å². The maximum absolute atomic E-state index is 13.4. The minimum atomic E-state index is 0.0246. The molecule has 5 heteroatoms. The smallest absolute Gasteiger partial charge is 0.242 e. The van der Waals surface area contributed by atoms with E-state index in [1.54, 1.807) is 11.3 Å². The number of thiophene rings is 1. The summed E-state index contributed by atoms with van der Waals surface area (Å²) < 4.78 is 0. The van der Waals surface area contributed by atoms with Crippen LogP contribution in [0.4, 0.5) is 0 Å². The lowest BCUT2D eigenvalue weighted by Gasteiger charge is -2.33. The van der Waals surface area contributed by atoms with Crippen molar-refractivity contribution in [3.8, 4) is 0 Å². The molecular formula is C25H34N2O2S. The summed E-state index contributed by atoms with van der Waals surface area (Å²) in [6, 6.07) is 14.4. The van der Waals surface area contributed by atoms with Gasteiger partial charge in [0.15, 0.2) is 0 Å². The Morgan fingerprint density at radius 2 is 1.77 bits per heavy atom. The zero-order valence-electron chi connectivity index (χ0n) is 18.5. The number of carbonyl (C=O) groups excluding carboxylic acids is 2. The van der Waals surface area contributed by atoms with Crippen molar-refractivity contribution in [1.82, 2.24) is 9.80 Å². The summed E-state index contributed by atoms with van der Waals surface area (Å²) in [5.74, 6) is 0.285. The number of aryl methyl sites for hydroxylation is 1. The Balaban J connectivity index is 1.77. The summed E-state index contributed by atoms with van der Waals surface area (Å²) >= 11 is 1.73. The Bertz CT molecular complexity index is 827. The number of amides is 2. The number of rotatable bonds is 9. The molecule has 0 spiro atoms. The zero-order valence-corrected chi connectivity index (χ0v) is 19.3. The van der Waals surface area contributed by atoms with Crippen LogP contribution in [-0.4, -0.2) is 34.2 Å². The largest absolute Gasteiger partial charge is 0.332 e. The first-order chi connectivity index (χ1) is 14.5. The van der Waals surface area contributed by atoms with Gasteiger partial charge in [-0.15, -0.1) is 11.3 Å². The number of benzene rings is 1. The van der Waals surface area contributed by atoms with Crippen molar-refractivity contribution < 1.29 is 9.59 Å². The van der Waals surface area contributed by atoms with Crippen LogP contribution in [0.2, 0.25) is 0 Å². The molecule has 4 nitrogen and oxygen atoms in total. The lowest BCUT2D eigenvalue weighted by molar-refractivity contribution is -0.145. The maximum atomic E-state index is 13.4. The molecule has 1 fully saturated rings. The van der Waals surface area contributed by atoms with Crippen LogP contribution >= 0.6 is 11.3 Å². The Hall–Kier alpha value is -2.14. The number of hydrogen-bond donors (Lipinski definition) is 0. The van der Waals surface area contributed by atoms with E-state index in [0.717, 1.165) is 37.7 Å². The predicted molar refractivity (Wildman–Crippen MR) is 123 cm³/mol. The van der Waals surface area contributed by atoms with Gasteiger partial charge < -0.3 is 9.80 Å². The molecule has 1 aliphatic carbocycles. The van der Waals surface area contributed by atoms with E-state index in [0.29, 0.717) is 13.1 Å². The normalized spacial score (nSPS) is 15.2. The van der Waals surface area contributed by atoms with Crippen LogP contribution in [0, 0.1) is 12.8 Å². The summed E-state index contributed by atoms with van der Waals surface area (Å²) in [5.41, 5.74) is 1.11. The number of hydrogen-bond acceptors (Lipinski definition) is 3. The molecule has 0 radical (unpaired) electrons. The summed E-state index contributed by atoms with van der Waals surface area (Å²) in [4.78, 5) is 32.8. The molecule has 2 amide bonds. The van der Waals surface area contributed by atoms with Crippen LogP contribution in [-0.2, 0) is 22.7 Å². The third-order valence-electron chi connectivity index (χ3n) is 6.13. The molecule has 0 aliphatic heterocycles. The molecule has 2 aromatic rings. The summed E-state index contributed by atoms with van der Waals surface area (Å²) in [5, 5.41) is 0. The highest BCUT2D eigenvalue weighted by molar-refractivity contribution is 7.11. The first kappa shape index (κ1) is 22.5. The van der Waals surface area contributed by atoms with Gasteiger partial charge in [-0.05, 0) is 50.8 Å². The van der Waals surface area contributed by atoms with Crippen molar-refractivity contribution in [3.05, 3.63) is 57.8 Å². The van der Waals surface area contributed by atoms with Crippen molar-refractivity contribution in [1.29, 1.82) is 0 Å². The van der Waals surface area contributed by atoms with Gasteiger partial charge in [0.1, 0.15) is 6.54 Å². The minimum Gasteiger partial charge on any atom is -0.332 e. The van der Waals surface area contributed by atoms with E-state index < -0.39 is 0 Å². The van der Waals surface area contributed by atoms with Crippen molar-refractivity contribution in [2.24, 2.45) is 5.92 Å².